The van der Waals surface area contributed by atoms with E-state index in [4.69, 9.17) is 0 Å². The van der Waals surface area contributed by atoms with Crippen LogP contribution in [0, 0.1) is 11.6 Å². The Hall–Kier alpha value is -3.87. The van der Waals surface area contributed by atoms with Gasteiger partial charge in [-0.05, 0) is 42.0 Å². The second-order valence-corrected chi connectivity index (χ2v) is 6.07. The molecule has 0 aliphatic rings. The minimum absolute atomic E-state index is 0.0409. The number of aromatic nitrogens is 3. The van der Waals surface area contributed by atoms with E-state index in [0.717, 1.165) is 5.56 Å². The van der Waals surface area contributed by atoms with E-state index in [1.54, 1.807) is 42.6 Å². The van der Waals surface area contributed by atoms with Crippen LogP contribution in [0.25, 0.3) is 23.1 Å². The standard InChI is InChI=1S/C21H14F2N4O/c22-15-6-3-13(4-7-15)5-8-18-16-10-20(17(23)11-19(16)27-26-18)25-21(28)14-2-1-9-24-12-14/h1-12H,(H,25,28)(H,26,27)/b8-5+. The summed E-state index contributed by atoms with van der Waals surface area (Å²) in [5.74, 6) is -1.35. The molecule has 138 valence electrons. The van der Waals surface area contributed by atoms with Crippen molar-refractivity contribution >= 4 is 34.6 Å². The summed E-state index contributed by atoms with van der Waals surface area (Å²) in [6.07, 6.45) is 6.46. The van der Waals surface area contributed by atoms with Gasteiger partial charge in [0.2, 0.25) is 0 Å². The SMILES string of the molecule is O=C(Nc1cc2c(/C=C/c3ccc(F)cc3)n[nH]c2cc1F)c1cccnc1. The molecule has 0 radical (unpaired) electrons. The third-order valence-electron chi connectivity index (χ3n) is 4.16. The van der Waals surface area contributed by atoms with Crippen molar-refractivity contribution in [1.82, 2.24) is 15.2 Å². The number of anilines is 1. The highest BCUT2D eigenvalue weighted by Gasteiger charge is 2.13. The maximum absolute atomic E-state index is 14.4. The summed E-state index contributed by atoms with van der Waals surface area (Å²) in [4.78, 5) is 16.2. The number of fused-ring (bicyclic) bond motifs is 1. The van der Waals surface area contributed by atoms with Crippen LogP contribution in [-0.4, -0.2) is 21.1 Å². The van der Waals surface area contributed by atoms with Crippen molar-refractivity contribution in [3.8, 4) is 0 Å². The van der Waals surface area contributed by atoms with E-state index in [9.17, 15) is 13.6 Å². The minimum Gasteiger partial charge on any atom is -0.319 e. The first-order valence-electron chi connectivity index (χ1n) is 8.43. The number of carbonyl (C=O) groups excluding carboxylic acids is 1. The molecule has 7 heteroatoms. The van der Waals surface area contributed by atoms with Crippen LogP contribution in [0.3, 0.4) is 0 Å². The van der Waals surface area contributed by atoms with E-state index in [1.165, 1.54) is 30.5 Å². The first kappa shape index (κ1) is 17.5. The highest BCUT2D eigenvalue weighted by Crippen LogP contribution is 2.25. The van der Waals surface area contributed by atoms with Crippen molar-refractivity contribution in [3.63, 3.8) is 0 Å². The number of rotatable bonds is 4. The Morgan fingerprint density at radius 1 is 1.07 bits per heavy atom. The lowest BCUT2D eigenvalue weighted by Gasteiger charge is -2.06. The lowest BCUT2D eigenvalue weighted by atomic mass is 10.1. The number of nitrogens with one attached hydrogen (secondary N) is 2. The van der Waals surface area contributed by atoms with Crippen LogP contribution in [0.4, 0.5) is 14.5 Å². The lowest BCUT2D eigenvalue weighted by molar-refractivity contribution is 0.102. The van der Waals surface area contributed by atoms with Gasteiger partial charge in [-0.3, -0.25) is 14.9 Å². The number of carbonyl (C=O) groups is 1. The summed E-state index contributed by atoms with van der Waals surface area (Å²) in [6.45, 7) is 0. The summed E-state index contributed by atoms with van der Waals surface area (Å²) < 4.78 is 27.4. The molecule has 1 amide bonds. The molecule has 0 aliphatic heterocycles. The van der Waals surface area contributed by atoms with E-state index in [-0.39, 0.29) is 11.5 Å². The zero-order valence-electron chi connectivity index (χ0n) is 14.5. The van der Waals surface area contributed by atoms with Crippen molar-refractivity contribution in [2.24, 2.45) is 0 Å². The largest absolute Gasteiger partial charge is 0.319 e. The fourth-order valence-corrected chi connectivity index (χ4v) is 2.72. The Bertz CT molecular complexity index is 1170. The third kappa shape index (κ3) is 3.64. The smallest absolute Gasteiger partial charge is 0.257 e. The number of pyridine rings is 1. The van der Waals surface area contributed by atoms with Gasteiger partial charge in [0.25, 0.3) is 5.91 Å². The van der Waals surface area contributed by atoms with Gasteiger partial charge in [-0.2, -0.15) is 5.10 Å². The highest BCUT2D eigenvalue weighted by atomic mass is 19.1. The second-order valence-electron chi connectivity index (χ2n) is 6.07. The van der Waals surface area contributed by atoms with E-state index in [1.807, 2.05) is 0 Å². The monoisotopic (exact) mass is 376 g/mol. The number of nitrogens with zero attached hydrogens (tertiary/aromatic N) is 2. The maximum Gasteiger partial charge on any atom is 0.257 e. The van der Waals surface area contributed by atoms with Gasteiger partial charge in [0.05, 0.1) is 22.5 Å². The molecule has 4 rings (SSSR count). The van der Waals surface area contributed by atoms with Crippen LogP contribution in [0.5, 0.6) is 0 Å². The number of hydrogen-bond donors (Lipinski definition) is 2. The molecule has 0 fully saturated rings. The van der Waals surface area contributed by atoms with Crippen LogP contribution in [0.2, 0.25) is 0 Å². The van der Waals surface area contributed by atoms with Gasteiger partial charge in [-0.25, -0.2) is 8.78 Å². The van der Waals surface area contributed by atoms with Gasteiger partial charge in [0.1, 0.15) is 11.6 Å². The molecule has 2 heterocycles. The number of hydrogen-bond acceptors (Lipinski definition) is 3. The van der Waals surface area contributed by atoms with E-state index in [2.05, 4.69) is 20.5 Å². The Morgan fingerprint density at radius 3 is 2.64 bits per heavy atom. The highest BCUT2D eigenvalue weighted by molar-refractivity contribution is 6.05. The van der Waals surface area contributed by atoms with Crippen molar-refractivity contribution in [3.05, 3.63) is 89.4 Å². The van der Waals surface area contributed by atoms with Crippen LogP contribution in [0.1, 0.15) is 21.6 Å². The molecule has 2 aromatic heterocycles. The van der Waals surface area contributed by atoms with Gasteiger partial charge in [-0.1, -0.05) is 18.2 Å². The molecular weight excluding hydrogens is 362 g/mol. The first-order chi connectivity index (χ1) is 13.6. The fraction of sp³-hybridized carbons (Fsp3) is 0. The third-order valence-corrected chi connectivity index (χ3v) is 4.16. The number of aromatic amines is 1. The molecule has 0 saturated carbocycles. The quantitative estimate of drug-likeness (QED) is 0.544. The average molecular weight is 376 g/mol. The van der Waals surface area contributed by atoms with Crippen LogP contribution in [-0.2, 0) is 0 Å². The first-order valence-corrected chi connectivity index (χ1v) is 8.43. The van der Waals surface area contributed by atoms with E-state index in [0.29, 0.717) is 22.2 Å². The summed E-state index contributed by atoms with van der Waals surface area (Å²) in [5, 5.41) is 10.1. The van der Waals surface area contributed by atoms with Crippen molar-refractivity contribution in [2.75, 3.05) is 5.32 Å². The molecule has 2 N–H and O–H groups in total. The normalized spacial score (nSPS) is 11.2. The van der Waals surface area contributed by atoms with Crippen molar-refractivity contribution in [2.45, 2.75) is 0 Å². The molecule has 0 atom stereocenters. The lowest BCUT2D eigenvalue weighted by Crippen LogP contribution is -2.13. The van der Waals surface area contributed by atoms with Gasteiger partial charge in [0, 0.05) is 23.8 Å². The molecule has 0 aliphatic carbocycles. The van der Waals surface area contributed by atoms with Crippen molar-refractivity contribution < 1.29 is 13.6 Å². The zero-order chi connectivity index (χ0) is 19.5. The van der Waals surface area contributed by atoms with Crippen LogP contribution >= 0.6 is 0 Å². The van der Waals surface area contributed by atoms with Gasteiger partial charge in [0.15, 0.2) is 0 Å². The van der Waals surface area contributed by atoms with Gasteiger partial charge in [-0.15, -0.1) is 0 Å². The summed E-state index contributed by atoms with van der Waals surface area (Å²) in [5.41, 5.74) is 2.22. The fourth-order valence-electron chi connectivity index (χ4n) is 2.72. The van der Waals surface area contributed by atoms with Gasteiger partial charge >= 0.3 is 0 Å². The average Bonchev–Trinajstić information content (AvgIpc) is 3.10. The van der Waals surface area contributed by atoms with E-state index >= 15 is 0 Å². The number of H-pyrrole nitrogens is 1. The maximum atomic E-state index is 14.4. The molecule has 0 spiro atoms. The Balaban J connectivity index is 1.64. The topological polar surface area (TPSA) is 70.7 Å². The Morgan fingerprint density at radius 2 is 1.89 bits per heavy atom. The molecular formula is C21H14F2N4O. The molecule has 4 aromatic rings. The predicted molar refractivity (Wildman–Crippen MR) is 104 cm³/mol. The molecule has 0 saturated heterocycles. The Labute approximate surface area is 158 Å². The minimum atomic E-state index is -0.581. The summed E-state index contributed by atoms with van der Waals surface area (Å²) in [7, 11) is 0. The Kier molecular flexibility index (Phi) is 4.63. The molecule has 0 bridgehead atoms. The summed E-state index contributed by atoms with van der Waals surface area (Å²) in [6, 6.07) is 12.0. The zero-order valence-corrected chi connectivity index (χ0v) is 14.5. The number of amides is 1. The molecule has 0 unspecified atom stereocenters. The second kappa shape index (κ2) is 7.40. The molecule has 2 aromatic carbocycles. The molecule has 5 nitrogen and oxygen atoms in total. The van der Waals surface area contributed by atoms with E-state index < -0.39 is 11.7 Å². The van der Waals surface area contributed by atoms with Crippen LogP contribution < -0.4 is 5.32 Å². The van der Waals surface area contributed by atoms with Crippen molar-refractivity contribution in [1.29, 1.82) is 0 Å². The molecule has 28 heavy (non-hydrogen) atoms. The van der Waals surface area contributed by atoms with Gasteiger partial charge < -0.3 is 5.32 Å². The number of benzene rings is 2. The summed E-state index contributed by atoms with van der Waals surface area (Å²) >= 11 is 0. The van der Waals surface area contributed by atoms with Crippen LogP contribution in [0.15, 0.2) is 60.9 Å². The predicted octanol–water partition coefficient (Wildman–Crippen LogP) is 4.66. The number of halogens is 2.